The zero-order valence-corrected chi connectivity index (χ0v) is 8.94. The van der Waals surface area contributed by atoms with Gasteiger partial charge in [0, 0.05) is 6.61 Å². The van der Waals surface area contributed by atoms with E-state index in [4.69, 9.17) is 9.47 Å². The lowest BCUT2D eigenvalue weighted by atomic mass is 10.2. The molecule has 0 spiro atoms. The summed E-state index contributed by atoms with van der Waals surface area (Å²) in [6, 6.07) is 0. The van der Waals surface area contributed by atoms with E-state index >= 15 is 0 Å². The van der Waals surface area contributed by atoms with E-state index in [-0.39, 0.29) is 6.61 Å². The Balaban J connectivity index is 4.26. The molecule has 14 heavy (non-hydrogen) atoms. The van der Waals surface area contributed by atoms with Crippen molar-refractivity contribution in [1.82, 2.24) is 0 Å². The zero-order chi connectivity index (χ0) is 11.4. The Kier molecular flexibility index (Phi) is 4.88. The molecule has 0 aliphatic rings. The lowest BCUT2D eigenvalue weighted by molar-refractivity contribution is -0.257. The lowest BCUT2D eigenvalue weighted by Gasteiger charge is -2.28. The van der Waals surface area contributed by atoms with Crippen molar-refractivity contribution in [1.29, 1.82) is 0 Å². The minimum atomic E-state index is -4.37. The molecule has 5 heteroatoms. The van der Waals surface area contributed by atoms with E-state index < -0.39 is 24.5 Å². The Labute approximate surface area is 82.4 Å². The van der Waals surface area contributed by atoms with Gasteiger partial charge in [0.2, 0.25) is 0 Å². The van der Waals surface area contributed by atoms with E-state index in [9.17, 15) is 13.2 Å². The summed E-state index contributed by atoms with van der Waals surface area (Å²) >= 11 is 0. The second kappa shape index (κ2) is 4.98. The second-order valence-corrected chi connectivity index (χ2v) is 3.92. The summed E-state index contributed by atoms with van der Waals surface area (Å²) in [5.41, 5.74) is -0.822. The molecule has 0 heterocycles. The molecule has 0 aromatic heterocycles. The predicted octanol–water partition coefficient (Wildman–Crippen LogP) is 2.77. The third kappa shape index (κ3) is 6.21. The molecular weight excluding hydrogens is 197 g/mol. The van der Waals surface area contributed by atoms with Crippen molar-refractivity contribution in [2.75, 3.05) is 13.2 Å². The fourth-order valence-electron chi connectivity index (χ4n) is 0.847. The van der Waals surface area contributed by atoms with Crippen LogP contribution in [0.25, 0.3) is 0 Å². The van der Waals surface area contributed by atoms with Crippen molar-refractivity contribution in [3.05, 3.63) is 0 Å². The summed E-state index contributed by atoms with van der Waals surface area (Å²) in [4.78, 5) is 0. The maximum Gasteiger partial charge on any atom is 0.416 e. The van der Waals surface area contributed by atoms with Gasteiger partial charge in [-0.15, -0.1) is 0 Å². The third-order valence-electron chi connectivity index (χ3n) is 1.33. The van der Waals surface area contributed by atoms with Gasteiger partial charge in [0.25, 0.3) is 0 Å². The second-order valence-electron chi connectivity index (χ2n) is 3.92. The van der Waals surface area contributed by atoms with Crippen LogP contribution in [-0.4, -0.2) is 31.1 Å². The highest BCUT2D eigenvalue weighted by Gasteiger charge is 2.42. The summed E-state index contributed by atoms with van der Waals surface area (Å²) in [5.74, 6) is 0. The fourth-order valence-corrected chi connectivity index (χ4v) is 0.847. The van der Waals surface area contributed by atoms with Gasteiger partial charge in [-0.05, 0) is 27.7 Å². The van der Waals surface area contributed by atoms with Crippen molar-refractivity contribution in [2.24, 2.45) is 0 Å². The van der Waals surface area contributed by atoms with Gasteiger partial charge in [-0.2, -0.15) is 13.2 Å². The molecule has 0 unspecified atom stereocenters. The van der Waals surface area contributed by atoms with Crippen LogP contribution in [0.3, 0.4) is 0 Å². The molecule has 1 atom stereocenters. The molecule has 2 nitrogen and oxygen atoms in total. The SMILES string of the molecule is CCOC[C@@H](OC(C)(C)C)C(F)(F)F. The summed E-state index contributed by atoms with van der Waals surface area (Å²) in [7, 11) is 0. The molecular formula is C9H17F3O2. The van der Waals surface area contributed by atoms with Crippen LogP contribution in [0.1, 0.15) is 27.7 Å². The number of alkyl halides is 3. The van der Waals surface area contributed by atoms with Crippen LogP contribution in [0.2, 0.25) is 0 Å². The lowest BCUT2D eigenvalue weighted by Crippen LogP contribution is -2.41. The topological polar surface area (TPSA) is 18.5 Å². The van der Waals surface area contributed by atoms with Crippen molar-refractivity contribution >= 4 is 0 Å². The van der Waals surface area contributed by atoms with E-state index in [2.05, 4.69) is 0 Å². The van der Waals surface area contributed by atoms with Gasteiger partial charge >= 0.3 is 6.18 Å². The number of rotatable bonds is 4. The monoisotopic (exact) mass is 214 g/mol. The Bertz CT molecular complexity index is 160. The molecule has 0 aromatic rings. The molecule has 0 radical (unpaired) electrons. The summed E-state index contributed by atoms with van der Waals surface area (Å²) in [6.45, 7) is 6.19. The zero-order valence-electron chi connectivity index (χ0n) is 8.94. The van der Waals surface area contributed by atoms with E-state index in [0.717, 1.165) is 0 Å². The van der Waals surface area contributed by atoms with Crippen LogP contribution in [0.5, 0.6) is 0 Å². The van der Waals surface area contributed by atoms with Crippen LogP contribution in [0.4, 0.5) is 13.2 Å². The standard InChI is InChI=1S/C9H17F3O2/c1-5-13-6-7(9(10,11)12)14-8(2,3)4/h7H,5-6H2,1-4H3/t7-/m1/s1. The number of ether oxygens (including phenoxy) is 2. The molecule has 0 saturated carbocycles. The molecule has 0 aromatic carbocycles. The molecule has 86 valence electrons. The molecule has 0 aliphatic heterocycles. The largest absolute Gasteiger partial charge is 0.416 e. The van der Waals surface area contributed by atoms with Crippen LogP contribution >= 0.6 is 0 Å². The highest BCUT2D eigenvalue weighted by atomic mass is 19.4. The molecule has 0 amide bonds. The van der Waals surface area contributed by atoms with Crippen molar-refractivity contribution in [2.45, 2.75) is 45.6 Å². The number of hydrogen-bond acceptors (Lipinski definition) is 2. The van der Waals surface area contributed by atoms with Crippen LogP contribution in [0, 0.1) is 0 Å². The Morgan fingerprint density at radius 2 is 1.64 bits per heavy atom. The van der Waals surface area contributed by atoms with Crippen LogP contribution < -0.4 is 0 Å². The van der Waals surface area contributed by atoms with E-state index in [1.165, 1.54) is 0 Å². The van der Waals surface area contributed by atoms with Gasteiger partial charge in [-0.1, -0.05) is 0 Å². The molecule has 0 saturated heterocycles. The number of hydrogen-bond donors (Lipinski definition) is 0. The van der Waals surface area contributed by atoms with Gasteiger partial charge < -0.3 is 9.47 Å². The number of halogens is 3. The van der Waals surface area contributed by atoms with E-state index in [0.29, 0.717) is 0 Å². The van der Waals surface area contributed by atoms with Gasteiger partial charge in [-0.3, -0.25) is 0 Å². The molecule has 0 rings (SSSR count). The van der Waals surface area contributed by atoms with Gasteiger partial charge in [0.1, 0.15) is 0 Å². The minimum absolute atomic E-state index is 0.250. The Morgan fingerprint density at radius 1 is 1.14 bits per heavy atom. The van der Waals surface area contributed by atoms with Gasteiger partial charge in [-0.25, -0.2) is 0 Å². The molecule has 0 fully saturated rings. The molecule has 0 bridgehead atoms. The Hall–Kier alpha value is -0.290. The third-order valence-corrected chi connectivity index (χ3v) is 1.33. The maximum atomic E-state index is 12.4. The highest BCUT2D eigenvalue weighted by molar-refractivity contribution is 4.72. The summed E-state index contributed by atoms with van der Waals surface area (Å²) in [6.07, 6.45) is -6.22. The fraction of sp³-hybridized carbons (Fsp3) is 1.00. The van der Waals surface area contributed by atoms with Gasteiger partial charge in [0.15, 0.2) is 6.10 Å². The van der Waals surface area contributed by atoms with Crippen molar-refractivity contribution in [3.8, 4) is 0 Å². The first-order valence-corrected chi connectivity index (χ1v) is 4.49. The van der Waals surface area contributed by atoms with E-state index in [1.807, 2.05) is 0 Å². The normalized spacial score (nSPS) is 15.6. The smallest absolute Gasteiger partial charge is 0.379 e. The van der Waals surface area contributed by atoms with Crippen molar-refractivity contribution in [3.63, 3.8) is 0 Å². The average molecular weight is 214 g/mol. The molecule has 0 aliphatic carbocycles. The van der Waals surface area contributed by atoms with E-state index in [1.54, 1.807) is 27.7 Å². The molecule has 0 N–H and O–H groups in total. The van der Waals surface area contributed by atoms with Crippen molar-refractivity contribution < 1.29 is 22.6 Å². The predicted molar refractivity (Wildman–Crippen MR) is 47.2 cm³/mol. The summed E-state index contributed by atoms with van der Waals surface area (Å²) in [5, 5.41) is 0. The highest BCUT2D eigenvalue weighted by Crippen LogP contribution is 2.26. The Morgan fingerprint density at radius 3 is 1.93 bits per heavy atom. The first-order valence-electron chi connectivity index (χ1n) is 4.49. The van der Waals surface area contributed by atoms with Crippen LogP contribution in [-0.2, 0) is 9.47 Å². The van der Waals surface area contributed by atoms with Crippen LogP contribution in [0.15, 0.2) is 0 Å². The minimum Gasteiger partial charge on any atom is -0.379 e. The average Bonchev–Trinajstić information content (AvgIpc) is 1.93. The summed E-state index contributed by atoms with van der Waals surface area (Å²) < 4.78 is 46.7. The maximum absolute atomic E-state index is 12.4. The first-order chi connectivity index (χ1) is 6.17. The van der Waals surface area contributed by atoms with Gasteiger partial charge in [0.05, 0.1) is 12.2 Å². The first kappa shape index (κ1) is 13.7. The quantitative estimate of drug-likeness (QED) is 0.716.